The van der Waals surface area contributed by atoms with Gasteiger partial charge in [-0.1, -0.05) is 53.6 Å². The lowest BCUT2D eigenvalue weighted by molar-refractivity contribution is -0.116. The van der Waals surface area contributed by atoms with Gasteiger partial charge in [-0.3, -0.25) is 19.0 Å². The summed E-state index contributed by atoms with van der Waals surface area (Å²) < 4.78 is 7.44. The first kappa shape index (κ1) is 28.4. The second kappa shape index (κ2) is 12.2. The van der Waals surface area contributed by atoms with Crippen LogP contribution in [-0.2, 0) is 17.9 Å². The van der Waals surface area contributed by atoms with Crippen molar-refractivity contribution in [1.82, 2.24) is 14.5 Å². The smallest absolute Gasteiger partial charge is 0.336 e. The molecular formula is C32H27ClN4O5. The molecule has 5 aromatic rings. The molecule has 0 unspecified atom stereocenters. The number of fused-ring (bicyclic) bond motifs is 1. The van der Waals surface area contributed by atoms with Gasteiger partial charge in [0.2, 0.25) is 5.91 Å². The Morgan fingerprint density at radius 3 is 2.40 bits per heavy atom. The Morgan fingerprint density at radius 2 is 1.67 bits per heavy atom. The van der Waals surface area contributed by atoms with E-state index in [4.69, 9.17) is 16.3 Å². The first-order valence-corrected chi connectivity index (χ1v) is 13.4. The molecule has 0 saturated heterocycles. The Kier molecular flexibility index (Phi) is 8.21. The van der Waals surface area contributed by atoms with Crippen LogP contribution < -0.4 is 26.6 Å². The van der Waals surface area contributed by atoms with Crippen molar-refractivity contribution >= 4 is 40.0 Å². The number of ether oxygens (including phenoxy) is 1. The maximum atomic E-state index is 13.8. The molecule has 4 aromatic carbocycles. The zero-order chi connectivity index (χ0) is 29.8. The minimum Gasteiger partial charge on any atom is -0.497 e. The van der Waals surface area contributed by atoms with Crippen molar-refractivity contribution in [2.75, 3.05) is 12.4 Å². The quantitative estimate of drug-likeness (QED) is 0.276. The number of amides is 2. The largest absolute Gasteiger partial charge is 0.497 e. The minimum absolute atomic E-state index is 0.152. The summed E-state index contributed by atoms with van der Waals surface area (Å²) in [5.41, 5.74) is 1.61. The van der Waals surface area contributed by atoms with Crippen LogP contribution >= 0.6 is 11.6 Å². The molecule has 212 valence electrons. The lowest BCUT2D eigenvalue weighted by atomic mass is 10.1. The first-order chi connectivity index (χ1) is 20.2. The van der Waals surface area contributed by atoms with Gasteiger partial charge in [0, 0.05) is 28.9 Å². The number of carbonyl (C=O) groups is 2. The Labute approximate surface area is 245 Å². The zero-order valence-corrected chi connectivity index (χ0v) is 23.6. The van der Waals surface area contributed by atoms with E-state index in [0.29, 0.717) is 22.1 Å². The molecule has 9 nitrogen and oxygen atoms in total. The fourth-order valence-electron chi connectivity index (χ4n) is 4.55. The summed E-state index contributed by atoms with van der Waals surface area (Å²) in [6.07, 6.45) is 0. The van der Waals surface area contributed by atoms with Crippen molar-refractivity contribution in [3.05, 3.63) is 134 Å². The number of nitrogens with one attached hydrogen (secondary N) is 2. The van der Waals surface area contributed by atoms with E-state index in [1.54, 1.807) is 66.7 Å². The van der Waals surface area contributed by atoms with Crippen LogP contribution in [0.3, 0.4) is 0 Å². The van der Waals surface area contributed by atoms with E-state index in [1.165, 1.54) is 29.9 Å². The van der Waals surface area contributed by atoms with Gasteiger partial charge in [-0.05, 0) is 61.0 Å². The summed E-state index contributed by atoms with van der Waals surface area (Å²) in [6.45, 7) is 1.66. The van der Waals surface area contributed by atoms with Crippen LogP contribution in [0, 0.1) is 6.92 Å². The molecule has 5 rings (SSSR count). The number of aryl methyl sites for hydroxylation is 1. The number of carbonyl (C=O) groups excluding carboxylic acids is 2. The molecule has 1 aromatic heterocycles. The minimum atomic E-state index is -0.717. The summed E-state index contributed by atoms with van der Waals surface area (Å²) >= 11 is 6.21. The van der Waals surface area contributed by atoms with Crippen LogP contribution in [-0.4, -0.2) is 28.1 Å². The summed E-state index contributed by atoms with van der Waals surface area (Å²) in [5.74, 6) is -0.385. The Bertz CT molecular complexity index is 1930. The van der Waals surface area contributed by atoms with Crippen molar-refractivity contribution in [2.24, 2.45) is 0 Å². The lowest BCUT2D eigenvalue weighted by Crippen LogP contribution is -2.41. The third-order valence-electron chi connectivity index (χ3n) is 6.75. The molecule has 0 spiro atoms. The second-order valence-electron chi connectivity index (χ2n) is 9.63. The molecule has 0 fully saturated rings. The molecule has 1 heterocycles. The highest BCUT2D eigenvalue weighted by Crippen LogP contribution is 2.19. The predicted molar refractivity (Wildman–Crippen MR) is 163 cm³/mol. The van der Waals surface area contributed by atoms with Gasteiger partial charge < -0.3 is 15.4 Å². The Hall–Kier alpha value is -5.15. The number of methoxy groups -OCH3 is 1. The molecule has 0 aliphatic heterocycles. The van der Waals surface area contributed by atoms with Crippen LogP contribution in [0.1, 0.15) is 21.5 Å². The molecule has 0 radical (unpaired) electrons. The van der Waals surface area contributed by atoms with Gasteiger partial charge in [-0.15, -0.1) is 0 Å². The van der Waals surface area contributed by atoms with E-state index in [1.807, 2.05) is 13.0 Å². The van der Waals surface area contributed by atoms with E-state index in [0.717, 1.165) is 15.7 Å². The molecule has 0 bridgehead atoms. The van der Waals surface area contributed by atoms with E-state index >= 15 is 0 Å². The van der Waals surface area contributed by atoms with Gasteiger partial charge >= 0.3 is 5.69 Å². The number of anilines is 1. The normalized spacial score (nSPS) is 10.8. The number of benzene rings is 4. The summed E-state index contributed by atoms with van der Waals surface area (Å²) in [5, 5.41) is 6.26. The standard InChI is InChI=1S/C32H27ClN4O5/c1-20-10-13-24(14-11-20)37-31(40)26-15-12-21(30(39)34-18-22-6-3-4-9-27(22)33)16-28(26)36(32(37)41)19-29(38)35-23-7-5-8-25(17-23)42-2/h3-17H,18-19H2,1-2H3,(H,34,39)(H,35,38). The molecule has 2 N–H and O–H groups in total. The molecule has 0 atom stereocenters. The third-order valence-corrected chi connectivity index (χ3v) is 7.12. The highest BCUT2D eigenvalue weighted by molar-refractivity contribution is 6.31. The van der Waals surface area contributed by atoms with Gasteiger partial charge in [0.15, 0.2) is 0 Å². The number of hydrogen-bond acceptors (Lipinski definition) is 5. The van der Waals surface area contributed by atoms with Gasteiger partial charge in [0.25, 0.3) is 11.5 Å². The van der Waals surface area contributed by atoms with Gasteiger partial charge in [-0.2, -0.15) is 0 Å². The molecule has 2 amide bonds. The molecule has 0 aliphatic carbocycles. The lowest BCUT2D eigenvalue weighted by Gasteiger charge is -2.16. The SMILES string of the molecule is COc1cccc(NC(=O)Cn2c(=O)n(-c3ccc(C)cc3)c(=O)c3ccc(C(=O)NCc4ccccc4Cl)cc32)c1. The molecule has 0 saturated carbocycles. The number of rotatable bonds is 8. The van der Waals surface area contributed by atoms with Crippen LogP contribution in [0.15, 0.2) is 101 Å². The maximum absolute atomic E-state index is 13.8. The third kappa shape index (κ3) is 5.96. The summed E-state index contributed by atoms with van der Waals surface area (Å²) in [4.78, 5) is 53.7. The number of aromatic nitrogens is 2. The summed E-state index contributed by atoms with van der Waals surface area (Å²) in [6, 6.07) is 25.3. The van der Waals surface area contributed by atoms with Gasteiger partial charge in [-0.25, -0.2) is 9.36 Å². The molecule has 0 aliphatic rings. The van der Waals surface area contributed by atoms with Gasteiger partial charge in [0.05, 0.1) is 23.7 Å². The average Bonchev–Trinajstić information content (AvgIpc) is 2.99. The number of halogens is 1. The van der Waals surface area contributed by atoms with Crippen molar-refractivity contribution in [2.45, 2.75) is 20.0 Å². The first-order valence-electron chi connectivity index (χ1n) is 13.1. The Morgan fingerprint density at radius 1 is 0.905 bits per heavy atom. The Balaban J connectivity index is 1.56. The molecular weight excluding hydrogens is 556 g/mol. The predicted octanol–water partition coefficient (Wildman–Crippen LogP) is 4.69. The fourth-order valence-corrected chi connectivity index (χ4v) is 4.75. The van der Waals surface area contributed by atoms with E-state index in [2.05, 4.69) is 10.6 Å². The van der Waals surface area contributed by atoms with Gasteiger partial charge in [0.1, 0.15) is 12.3 Å². The summed E-state index contributed by atoms with van der Waals surface area (Å²) in [7, 11) is 1.52. The van der Waals surface area contributed by atoms with Crippen molar-refractivity contribution in [3.8, 4) is 11.4 Å². The zero-order valence-electron chi connectivity index (χ0n) is 22.9. The average molecular weight is 583 g/mol. The van der Waals surface area contributed by atoms with Crippen LogP contribution in [0.2, 0.25) is 5.02 Å². The maximum Gasteiger partial charge on any atom is 0.336 e. The highest BCUT2D eigenvalue weighted by Gasteiger charge is 2.19. The fraction of sp³-hybridized carbons (Fsp3) is 0.125. The second-order valence-corrected chi connectivity index (χ2v) is 10.0. The van der Waals surface area contributed by atoms with E-state index < -0.39 is 29.6 Å². The molecule has 10 heteroatoms. The van der Waals surface area contributed by atoms with Crippen LogP contribution in [0.25, 0.3) is 16.6 Å². The monoisotopic (exact) mass is 582 g/mol. The number of hydrogen-bond donors (Lipinski definition) is 2. The van der Waals surface area contributed by atoms with Crippen LogP contribution in [0.5, 0.6) is 5.75 Å². The van der Waals surface area contributed by atoms with E-state index in [-0.39, 0.29) is 23.0 Å². The van der Waals surface area contributed by atoms with Crippen molar-refractivity contribution in [3.63, 3.8) is 0 Å². The molecule has 42 heavy (non-hydrogen) atoms. The van der Waals surface area contributed by atoms with Crippen LogP contribution in [0.4, 0.5) is 5.69 Å². The van der Waals surface area contributed by atoms with E-state index in [9.17, 15) is 19.2 Å². The highest BCUT2D eigenvalue weighted by atomic mass is 35.5. The topological polar surface area (TPSA) is 111 Å². The van der Waals surface area contributed by atoms with Crippen molar-refractivity contribution in [1.29, 1.82) is 0 Å². The number of nitrogens with zero attached hydrogens (tertiary/aromatic N) is 2. The van der Waals surface area contributed by atoms with Crippen molar-refractivity contribution < 1.29 is 14.3 Å².